The number of amides is 4. The zero-order valence-corrected chi connectivity index (χ0v) is 23.9. The summed E-state index contributed by atoms with van der Waals surface area (Å²) in [5, 5.41) is 16.0. The van der Waals surface area contributed by atoms with E-state index in [2.05, 4.69) is 10.6 Å². The maximum Gasteiger partial charge on any atom is 0.416 e. The Hall–Kier alpha value is -3.15. The number of carbonyl (C=O) groups excluding carboxylic acids is 4. The number of halogens is 3. The molecular formula is C29H41F3N4O5. The first-order valence-corrected chi connectivity index (χ1v) is 14.2. The number of rotatable bonds is 10. The van der Waals surface area contributed by atoms with E-state index in [1.54, 1.807) is 4.90 Å². The van der Waals surface area contributed by atoms with E-state index in [0.717, 1.165) is 49.9 Å². The third-order valence-electron chi connectivity index (χ3n) is 8.01. The second-order valence-corrected chi connectivity index (χ2v) is 12.3. The van der Waals surface area contributed by atoms with Crippen molar-refractivity contribution in [2.24, 2.45) is 17.3 Å². The van der Waals surface area contributed by atoms with Gasteiger partial charge in [-0.2, -0.15) is 13.2 Å². The van der Waals surface area contributed by atoms with Crippen LogP contribution in [0.25, 0.3) is 0 Å². The molecule has 1 aromatic carbocycles. The van der Waals surface area contributed by atoms with Crippen molar-refractivity contribution in [3.8, 4) is 0 Å². The van der Waals surface area contributed by atoms with Gasteiger partial charge in [0.1, 0.15) is 6.04 Å². The van der Waals surface area contributed by atoms with Gasteiger partial charge in [0.2, 0.25) is 18.2 Å². The molecule has 9 nitrogen and oxygen atoms in total. The van der Waals surface area contributed by atoms with Crippen LogP contribution in [0.15, 0.2) is 24.3 Å². The van der Waals surface area contributed by atoms with Crippen molar-refractivity contribution in [3.05, 3.63) is 35.4 Å². The van der Waals surface area contributed by atoms with Crippen LogP contribution >= 0.6 is 0 Å². The number of hydrogen-bond donors (Lipinski definition) is 3. The molecule has 0 unspecified atom stereocenters. The molecule has 0 spiro atoms. The number of likely N-dealkylation sites (tertiary alicyclic amines) is 1. The van der Waals surface area contributed by atoms with E-state index in [4.69, 9.17) is 0 Å². The van der Waals surface area contributed by atoms with Gasteiger partial charge in [-0.1, -0.05) is 46.5 Å². The number of alkyl halides is 3. The minimum absolute atomic E-state index is 0.121. The fraction of sp³-hybridized carbons (Fsp3) is 0.655. The predicted octanol–water partition coefficient (Wildman–Crippen LogP) is 4.00. The lowest BCUT2D eigenvalue weighted by atomic mass is 9.84. The van der Waals surface area contributed by atoms with Crippen LogP contribution in [0, 0.1) is 17.3 Å². The molecule has 3 N–H and O–H groups in total. The van der Waals surface area contributed by atoms with Crippen molar-refractivity contribution in [2.75, 3.05) is 19.6 Å². The first-order valence-electron chi connectivity index (χ1n) is 14.2. The van der Waals surface area contributed by atoms with Crippen LogP contribution in [-0.4, -0.2) is 71.0 Å². The highest BCUT2D eigenvalue weighted by Gasteiger charge is 2.39. The van der Waals surface area contributed by atoms with Crippen molar-refractivity contribution >= 4 is 24.1 Å². The van der Waals surface area contributed by atoms with Gasteiger partial charge in [0.05, 0.1) is 18.0 Å². The summed E-state index contributed by atoms with van der Waals surface area (Å²) in [5.74, 6) is -1.45. The molecule has 0 aromatic heterocycles. The number of piperidine rings is 1. The Morgan fingerprint density at radius 3 is 2.15 bits per heavy atom. The van der Waals surface area contributed by atoms with Gasteiger partial charge in [0.15, 0.2) is 0 Å². The molecule has 1 saturated heterocycles. The van der Waals surface area contributed by atoms with Gasteiger partial charge >= 0.3 is 6.18 Å². The van der Waals surface area contributed by atoms with E-state index >= 15 is 0 Å². The Morgan fingerprint density at radius 1 is 1.05 bits per heavy atom. The summed E-state index contributed by atoms with van der Waals surface area (Å²) < 4.78 is 38.4. The second kappa shape index (κ2) is 13.7. The molecular weight excluding hydrogens is 541 g/mol. The summed E-state index contributed by atoms with van der Waals surface area (Å²) in [6.45, 7) is 6.06. The van der Waals surface area contributed by atoms with Crippen molar-refractivity contribution in [3.63, 3.8) is 0 Å². The fourth-order valence-corrected chi connectivity index (χ4v) is 5.60. The van der Waals surface area contributed by atoms with Crippen molar-refractivity contribution in [1.82, 2.24) is 20.6 Å². The maximum absolute atomic E-state index is 13.6. The Bertz CT molecular complexity index is 1060. The number of nitrogens with one attached hydrogen (secondary N) is 2. The van der Waals surface area contributed by atoms with Crippen LogP contribution in [-0.2, 0) is 20.6 Å². The molecule has 41 heavy (non-hydrogen) atoms. The highest BCUT2D eigenvalue weighted by Crippen LogP contribution is 2.32. The van der Waals surface area contributed by atoms with Gasteiger partial charge < -0.3 is 15.5 Å². The molecule has 1 heterocycles. The average Bonchev–Trinajstić information content (AvgIpc) is 3.43. The summed E-state index contributed by atoms with van der Waals surface area (Å²) in [7, 11) is 0. The SMILES string of the molecule is CC(C)(C)[C@H](NC(=O)[C@H](CC1CCCC1)CN(O)C=O)C(=O)N1CCC(NC(=O)c2ccc(C(F)(F)F)cc2)CC1. The normalized spacial score (nSPS) is 18.5. The number of benzene rings is 1. The lowest BCUT2D eigenvalue weighted by molar-refractivity contribution is -0.156. The molecule has 3 rings (SSSR count). The molecule has 1 aliphatic carbocycles. The quantitative estimate of drug-likeness (QED) is 0.219. The van der Waals surface area contributed by atoms with Crippen LogP contribution in [0.3, 0.4) is 0 Å². The van der Waals surface area contributed by atoms with E-state index in [-0.39, 0.29) is 36.4 Å². The van der Waals surface area contributed by atoms with Crippen molar-refractivity contribution in [2.45, 2.75) is 84.0 Å². The van der Waals surface area contributed by atoms with Crippen LogP contribution in [0.2, 0.25) is 0 Å². The molecule has 0 bridgehead atoms. The van der Waals surface area contributed by atoms with Crippen molar-refractivity contribution < 1.29 is 37.6 Å². The summed E-state index contributed by atoms with van der Waals surface area (Å²) in [6.07, 6.45) is 1.35. The van der Waals surface area contributed by atoms with E-state index in [0.29, 0.717) is 43.3 Å². The first kappa shape index (κ1) is 32.4. The third kappa shape index (κ3) is 9.17. The molecule has 1 aromatic rings. The standard InChI is InChI=1S/C29H41F3N4O5/c1-28(2,3)24(34-26(39)21(17-36(41)18-37)16-19-6-4-5-7-19)27(40)35-14-12-23(13-15-35)33-25(38)20-8-10-22(11-9-20)29(30,31)32/h8-11,18-19,21,23-24,41H,4-7,12-17H2,1-3H3,(H,33,38)(H,34,39)/t21-,24-/m1/s1. The number of carbonyl (C=O) groups is 4. The summed E-state index contributed by atoms with van der Waals surface area (Å²) in [5.41, 5.74) is -1.33. The van der Waals surface area contributed by atoms with E-state index < -0.39 is 35.0 Å². The number of hydroxylamine groups is 2. The van der Waals surface area contributed by atoms with Crippen LogP contribution in [0.5, 0.6) is 0 Å². The summed E-state index contributed by atoms with van der Waals surface area (Å²) >= 11 is 0. The largest absolute Gasteiger partial charge is 0.416 e. The van der Waals surface area contributed by atoms with Gasteiger partial charge in [-0.25, -0.2) is 5.06 Å². The third-order valence-corrected chi connectivity index (χ3v) is 8.01. The zero-order chi connectivity index (χ0) is 30.4. The Balaban J connectivity index is 1.59. The minimum Gasteiger partial charge on any atom is -0.349 e. The highest BCUT2D eigenvalue weighted by molar-refractivity contribution is 5.94. The topological polar surface area (TPSA) is 119 Å². The number of nitrogens with zero attached hydrogens (tertiary/aromatic N) is 2. The predicted molar refractivity (Wildman–Crippen MR) is 145 cm³/mol. The zero-order valence-electron chi connectivity index (χ0n) is 23.9. The second-order valence-electron chi connectivity index (χ2n) is 12.3. The molecule has 2 atom stereocenters. The molecule has 1 aliphatic heterocycles. The molecule has 0 radical (unpaired) electrons. The van der Waals surface area contributed by atoms with Crippen molar-refractivity contribution in [1.29, 1.82) is 0 Å². The monoisotopic (exact) mass is 582 g/mol. The molecule has 4 amide bonds. The molecule has 2 fully saturated rings. The smallest absolute Gasteiger partial charge is 0.349 e. The van der Waals surface area contributed by atoms with Gasteiger partial charge in [-0.3, -0.25) is 24.4 Å². The Kier molecular flexibility index (Phi) is 10.8. The molecule has 12 heteroatoms. The minimum atomic E-state index is -4.48. The summed E-state index contributed by atoms with van der Waals surface area (Å²) in [6, 6.07) is 2.91. The molecule has 2 aliphatic rings. The van der Waals surface area contributed by atoms with E-state index in [9.17, 15) is 37.6 Å². The average molecular weight is 583 g/mol. The number of hydrogen-bond acceptors (Lipinski definition) is 5. The van der Waals surface area contributed by atoms with E-state index in [1.807, 2.05) is 20.8 Å². The molecule has 228 valence electrons. The highest BCUT2D eigenvalue weighted by atomic mass is 19.4. The van der Waals surface area contributed by atoms with Crippen LogP contribution in [0.1, 0.15) is 81.6 Å². The van der Waals surface area contributed by atoms with Gasteiger partial charge in [0.25, 0.3) is 5.91 Å². The molecule has 1 saturated carbocycles. The Labute approximate surface area is 238 Å². The van der Waals surface area contributed by atoms with E-state index in [1.165, 1.54) is 0 Å². The van der Waals surface area contributed by atoms with Gasteiger partial charge in [-0.05, 0) is 54.9 Å². The summed E-state index contributed by atoms with van der Waals surface area (Å²) in [4.78, 5) is 52.2. The van der Waals surface area contributed by atoms with Gasteiger partial charge in [-0.15, -0.1) is 0 Å². The lowest BCUT2D eigenvalue weighted by Crippen LogP contribution is -2.58. The van der Waals surface area contributed by atoms with Crippen LogP contribution < -0.4 is 10.6 Å². The lowest BCUT2D eigenvalue weighted by Gasteiger charge is -2.39. The van der Waals surface area contributed by atoms with Gasteiger partial charge in [0, 0.05) is 24.7 Å². The fourth-order valence-electron chi connectivity index (χ4n) is 5.60. The Morgan fingerprint density at radius 2 is 1.63 bits per heavy atom. The maximum atomic E-state index is 13.6. The van der Waals surface area contributed by atoms with Crippen LogP contribution in [0.4, 0.5) is 13.2 Å². The first-order chi connectivity index (χ1) is 19.2.